The van der Waals surface area contributed by atoms with Crippen LogP contribution in [0.4, 0.5) is 0 Å². The zero-order valence-corrected chi connectivity index (χ0v) is 11.0. The summed E-state index contributed by atoms with van der Waals surface area (Å²) in [7, 11) is 0. The standard InChI is InChI=1S/C13H12N2O5/c1-8-7-10(19-11(16)3-5-14)13(9(2)18-8)20-12(17)4-6-15/h7,9H,3-4H2,1-2H3. The van der Waals surface area contributed by atoms with E-state index in [0.29, 0.717) is 5.76 Å². The smallest absolute Gasteiger partial charge is 0.325 e. The van der Waals surface area contributed by atoms with E-state index in [1.54, 1.807) is 26.0 Å². The Kier molecular flexibility index (Phi) is 5.31. The fourth-order valence-corrected chi connectivity index (χ4v) is 1.48. The number of allylic oxidation sites excluding steroid dienone is 2. The van der Waals surface area contributed by atoms with Crippen molar-refractivity contribution in [2.75, 3.05) is 0 Å². The van der Waals surface area contributed by atoms with Gasteiger partial charge in [0.25, 0.3) is 0 Å². The molecule has 0 saturated heterocycles. The first-order valence-electron chi connectivity index (χ1n) is 5.72. The number of nitrogens with zero attached hydrogens (tertiary/aromatic N) is 2. The van der Waals surface area contributed by atoms with Crippen LogP contribution in [0, 0.1) is 22.7 Å². The second-order valence-corrected chi connectivity index (χ2v) is 3.86. The predicted molar refractivity (Wildman–Crippen MR) is 64.0 cm³/mol. The summed E-state index contributed by atoms with van der Waals surface area (Å²) in [6, 6.07) is 3.31. The molecule has 0 bridgehead atoms. The van der Waals surface area contributed by atoms with E-state index in [4.69, 9.17) is 24.7 Å². The summed E-state index contributed by atoms with van der Waals surface area (Å²) >= 11 is 0. The minimum Gasteiger partial charge on any atom is -0.487 e. The maximum absolute atomic E-state index is 11.3. The number of carbonyl (C=O) groups is 2. The Morgan fingerprint density at radius 3 is 2.35 bits per heavy atom. The first-order chi connectivity index (χ1) is 9.47. The van der Waals surface area contributed by atoms with Gasteiger partial charge in [0.2, 0.25) is 0 Å². The second-order valence-electron chi connectivity index (χ2n) is 3.86. The molecule has 1 atom stereocenters. The molecule has 0 N–H and O–H groups in total. The lowest BCUT2D eigenvalue weighted by Gasteiger charge is -2.24. The van der Waals surface area contributed by atoms with Gasteiger partial charge in [-0.3, -0.25) is 9.59 Å². The lowest BCUT2D eigenvalue weighted by molar-refractivity contribution is -0.144. The van der Waals surface area contributed by atoms with Crippen LogP contribution in [0.5, 0.6) is 0 Å². The van der Waals surface area contributed by atoms with Crippen molar-refractivity contribution < 1.29 is 23.8 Å². The van der Waals surface area contributed by atoms with Crippen molar-refractivity contribution in [3.8, 4) is 12.1 Å². The molecule has 0 aliphatic carbocycles. The van der Waals surface area contributed by atoms with Gasteiger partial charge in [0.1, 0.15) is 12.8 Å². The Labute approximate surface area is 115 Å². The molecule has 7 nitrogen and oxygen atoms in total. The van der Waals surface area contributed by atoms with Crippen molar-refractivity contribution in [2.45, 2.75) is 32.8 Å². The van der Waals surface area contributed by atoms with Gasteiger partial charge >= 0.3 is 11.9 Å². The first-order valence-corrected chi connectivity index (χ1v) is 5.72. The maximum atomic E-state index is 11.3. The van der Waals surface area contributed by atoms with Crippen LogP contribution >= 0.6 is 0 Å². The molecule has 0 saturated carbocycles. The van der Waals surface area contributed by atoms with E-state index in [9.17, 15) is 9.59 Å². The zero-order chi connectivity index (χ0) is 15.1. The van der Waals surface area contributed by atoms with Crippen LogP contribution in [-0.2, 0) is 23.8 Å². The van der Waals surface area contributed by atoms with E-state index in [-0.39, 0.29) is 11.5 Å². The van der Waals surface area contributed by atoms with Crippen LogP contribution in [0.15, 0.2) is 23.4 Å². The van der Waals surface area contributed by atoms with Crippen LogP contribution in [0.1, 0.15) is 26.7 Å². The summed E-state index contributed by atoms with van der Waals surface area (Å²) in [6.45, 7) is 3.24. The third kappa shape index (κ3) is 4.14. The molecule has 1 heterocycles. The highest BCUT2D eigenvalue weighted by molar-refractivity contribution is 5.75. The van der Waals surface area contributed by atoms with Crippen molar-refractivity contribution in [3.63, 3.8) is 0 Å². The van der Waals surface area contributed by atoms with Gasteiger partial charge in [-0.2, -0.15) is 10.5 Å². The molecule has 0 aromatic rings. The molecule has 1 unspecified atom stereocenters. The number of hydrogen-bond acceptors (Lipinski definition) is 7. The Morgan fingerprint density at radius 1 is 1.25 bits per heavy atom. The van der Waals surface area contributed by atoms with Gasteiger partial charge in [-0.05, 0) is 13.8 Å². The summed E-state index contributed by atoms with van der Waals surface area (Å²) in [5.74, 6) is -1.07. The fraction of sp³-hybridized carbons (Fsp3) is 0.385. The lowest BCUT2D eigenvalue weighted by atomic mass is 10.2. The molecular weight excluding hydrogens is 264 g/mol. The van der Waals surface area contributed by atoms with Crippen molar-refractivity contribution in [3.05, 3.63) is 23.4 Å². The van der Waals surface area contributed by atoms with Crippen molar-refractivity contribution in [1.29, 1.82) is 10.5 Å². The zero-order valence-electron chi connectivity index (χ0n) is 11.0. The minimum absolute atomic E-state index is 0.00198. The van der Waals surface area contributed by atoms with Gasteiger partial charge in [-0.1, -0.05) is 0 Å². The Hall–Kier alpha value is -2.80. The summed E-state index contributed by atoms with van der Waals surface area (Å²) in [5, 5.41) is 16.8. The highest BCUT2D eigenvalue weighted by atomic mass is 16.6. The monoisotopic (exact) mass is 276 g/mol. The van der Waals surface area contributed by atoms with Crippen LogP contribution in [0.3, 0.4) is 0 Å². The molecular formula is C13H12N2O5. The van der Waals surface area contributed by atoms with Gasteiger partial charge in [0.15, 0.2) is 17.6 Å². The number of rotatable bonds is 4. The first kappa shape index (κ1) is 15.3. The molecule has 7 heteroatoms. The molecule has 0 spiro atoms. The fourth-order valence-electron chi connectivity index (χ4n) is 1.48. The van der Waals surface area contributed by atoms with Crippen molar-refractivity contribution in [2.24, 2.45) is 0 Å². The molecule has 0 fully saturated rings. The van der Waals surface area contributed by atoms with Gasteiger partial charge in [-0.15, -0.1) is 0 Å². The number of hydrogen-bond donors (Lipinski definition) is 0. The van der Waals surface area contributed by atoms with E-state index < -0.39 is 30.9 Å². The van der Waals surface area contributed by atoms with E-state index in [2.05, 4.69) is 0 Å². The van der Waals surface area contributed by atoms with Crippen LogP contribution < -0.4 is 0 Å². The van der Waals surface area contributed by atoms with Crippen LogP contribution in [0.25, 0.3) is 0 Å². The molecule has 0 radical (unpaired) electrons. The summed E-state index contributed by atoms with van der Waals surface area (Å²) in [4.78, 5) is 22.7. The molecule has 0 amide bonds. The number of ether oxygens (including phenoxy) is 3. The predicted octanol–water partition coefficient (Wildman–Crippen LogP) is 1.43. The van der Waals surface area contributed by atoms with Crippen molar-refractivity contribution in [1.82, 2.24) is 0 Å². The highest BCUT2D eigenvalue weighted by Crippen LogP contribution is 2.25. The average Bonchev–Trinajstić information content (AvgIpc) is 2.34. The number of nitriles is 2. The van der Waals surface area contributed by atoms with Gasteiger partial charge in [0, 0.05) is 6.08 Å². The molecule has 20 heavy (non-hydrogen) atoms. The van der Waals surface area contributed by atoms with Gasteiger partial charge < -0.3 is 14.2 Å². The molecule has 1 aliphatic heterocycles. The molecule has 104 valence electrons. The van der Waals surface area contributed by atoms with Crippen molar-refractivity contribution >= 4 is 11.9 Å². The normalized spacial score (nSPS) is 17.2. The van der Waals surface area contributed by atoms with Gasteiger partial charge in [-0.25, -0.2) is 0 Å². The maximum Gasteiger partial charge on any atom is 0.325 e. The largest absolute Gasteiger partial charge is 0.487 e. The van der Waals surface area contributed by atoms with Gasteiger partial charge in [0.05, 0.1) is 17.9 Å². The van der Waals surface area contributed by atoms with Crippen LogP contribution in [-0.4, -0.2) is 18.0 Å². The van der Waals surface area contributed by atoms with E-state index in [1.165, 1.54) is 6.08 Å². The molecule has 0 aromatic carbocycles. The SMILES string of the molecule is CC1=CC(OC(=O)CC#N)=C(OC(=O)CC#N)C(C)O1. The Balaban J connectivity index is 2.99. The highest BCUT2D eigenvalue weighted by Gasteiger charge is 2.26. The topological polar surface area (TPSA) is 109 Å². The number of carbonyl (C=O) groups excluding carboxylic acids is 2. The molecule has 0 aromatic heterocycles. The quantitative estimate of drug-likeness (QED) is 0.714. The Bertz CT molecular complexity index is 562. The lowest BCUT2D eigenvalue weighted by Crippen LogP contribution is -2.23. The Morgan fingerprint density at radius 2 is 1.80 bits per heavy atom. The molecule has 1 aliphatic rings. The average molecular weight is 276 g/mol. The summed E-state index contributed by atoms with van der Waals surface area (Å²) in [6.07, 6.45) is -0.124. The van der Waals surface area contributed by atoms with E-state index in [1.807, 2.05) is 0 Å². The third-order valence-electron chi connectivity index (χ3n) is 2.20. The minimum atomic E-state index is -0.778. The molecule has 1 rings (SSSR count). The van der Waals surface area contributed by atoms with E-state index in [0.717, 1.165) is 0 Å². The summed E-state index contributed by atoms with van der Waals surface area (Å²) < 4.78 is 15.3. The number of esters is 2. The van der Waals surface area contributed by atoms with E-state index >= 15 is 0 Å². The summed E-state index contributed by atoms with van der Waals surface area (Å²) in [5.41, 5.74) is 0. The second kappa shape index (κ2) is 6.95. The third-order valence-corrected chi connectivity index (χ3v) is 2.20. The van der Waals surface area contributed by atoms with Crippen LogP contribution in [0.2, 0.25) is 0 Å².